The summed E-state index contributed by atoms with van der Waals surface area (Å²) in [5.41, 5.74) is 2.43. The molecule has 0 aliphatic heterocycles. The first-order chi connectivity index (χ1) is 9.10. The number of benzene rings is 1. The van der Waals surface area contributed by atoms with Crippen LogP contribution in [0.1, 0.15) is 31.2 Å². The normalized spacial score (nSPS) is 22.9. The molecule has 0 radical (unpaired) electrons. The van der Waals surface area contributed by atoms with E-state index in [9.17, 15) is 4.79 Å². The first kappa shape index (κ1) is 14.4. The molecule has 0 atom stereocenters. The van der Waals surface area contributed by atoms with Crippen LogP contribution >= 0.6 is 15.9 Å². The first-order valence-corrected chi connectivity index (χ1v) is 7.50. The smallest absolute Gasteiger partial charge is 0.308 e. The number of halogens is 1. The zero-order valence-corrected chi connectivity index (χ0v) is 13.0. The van der Waals surface area contributed by atoms with Crippen molar-refractivity contribution in [2.24, 2.45) is 5.92 Å². The second-order valence-corrected chi connectivity index (χ2v) is 6.09. The van der Waals surface area contributed by atoms with E-state index < -0.39 is 0 Å². The van der Waals surface area contributed by atoms with Gasteiger partial charge < -0.3 is 10.1 Å². The van der Waals surface area contributed by atoms with Gasteiger partial charge in [-0.3, -0.25) is 4.79 Å². The van der Waals surface area contributed by atoms with Gasteiger partial charge in [-0.05, 0) is 56.4 Å². The van der Waals surface area contributed by atoms with Crippen molar-refractivity contribution in [2.45, 2.75) is 38.6 Å². The second kappa shape index (κ2) is 6.42. The minimum atomic E-state index is -0.0572. The van der Waals surface area contributed by atoms with Gasteiger partial charge in [-0.15, -0.1) is 0 Å². The van der Waals surface area contributed by atoms with Crippen LogP contribution in [0, 0.1) is 12.8 Å². The number of hydrogen-bond acceptors (Lipinski definition) is 3. The summed E-state index contributed by atoms with van der Waals surface area (Å²) in [5, 5.41) is 3.58. The molecule has 19 heavy (non-hydrogen) atoms. The molecule has 1 fully saturated rings. The molecule has 0 heterocycles. The average Bonchev–Trinajstić information content (AvgIpc) is 2.42. The van der Waals surface area contributed by atoms with Gasteiger partial charge in [0.25, 0.3) is 0 Å². The Hall–Kier alpha value is -1.03. The Bertz CT molecular complexity index is 453. The van der Waals surface area contributed by atoms with E-state index in [-0.39, 0.29) is 11.9 Å². The Labute approximate surface area is 122 Å². The summed E-state index contributed by atoms with van der Waals surface area (Å²) in [4.78, 5) is 11.5. The maximum atomic E-state index is 11.5. The third-order valence-corrected chi connectivity index (χ3v) is 4.30. The SMILES string of the molecule is COC(=O)C1CCC(Nc2ccc(Br)cc2C)CC1. The Balaban J connectivity index is 1.90. The maximum Gasteiger partial charge on any atom is 0.308 e. The van der Waals surface area contributed by atoms with E-state index in [1.807, 2.05) is 0 Å². The number of esters is 1. The van der Waals surface area contributed by atoms with Crippen molar-refractivity contribution in [1.29, 1.82) is 0 Å². The van der Waals surface area contributed by atoms with Gasteiger partial charge >= 0.3 is 5.97 Å². The number of carbonyl (C=O) groups is 1. The lowest BCUT2D eigenvalue weighted by Crippen LogP contribution is -2.30. The quantitative estimate of drug-likeness (QED) is 0.856. The lowest BCUT2D eigenvalue weighted by Gasteiger charge is -2.28. The zero-order chi connectivity index (χ0) is 13.8. The van der Waals surface area contributed by atoms with Crippen LogP contribution in [0.3, 0.4) is 0 Å². The Morgan fingerprint density at radius 3 is 2.58 bits per heavy atom. The van der Waals surface area contributed by atoms with Gasteiger partial charge in [-0.25, -0.2) is 0 Å². The van der Waals surface area contributed by atoms with Gasteiger partial charge in [0.05, 0.1) is 13.0 Å². The Morgan fingerprint density at radius 2 is 2.00 bits per heavy atom. The van der Waals surface area contributed by atoms with Crippen LogP contribution in [-0.4, -0.2) is 19.1 Å². The molecule has 3 nitrogen and oxygen atoms in total. The van der Waals surface area contributed by atoms with Crippen molar-refractivity contribution in [3.05, 3.63) is 28.2 Å². The van der Waals surface area contributed by atoms with E-state index in [0.717, 1.165) is 30.2 Å². The standard InChI is InChI=1S/C15H20BrNO2/c1-10-9-12(16)5-8-14(10)17-13-6-3-11(4-7-13)15(18)19-2/h5,8-9,11,13,17H,3-4,6-7H2,1-2H3. The van der Waals surface area contributed by atoms with E-state index in [1.54, 1.807) is 0 Å². The highest BCUT2D eigenvalue weighted by molar-refractivity contribution is 9.10. The molecule has 1 aromatic carbocycles. The van der Waals surface area contributed by atoms with Gasteiger partial charge in [0.15, 0.2) is 0 Å². The number of aryl methyl sites for hydroxylation is 1. The lowest BCUT2D eigenvalue weighted by atomic mass is 9.86. The number of anilines is 1. The lowest BCUT2D eigenvalue weighted by molar-refractivity contribution is -0.146. The largest absolute Gasteiger partial charge is 0.469 e. The van der Waals surface area contributed by atoms with Gasteiger partial charge in [0.1, 0.15) is 0 Å². The molecule has 1 N–H and O–H groups in total. The molecule has 0 saturated heterocycles. The summed E-state index contributed by atoms with van der Waals surface area (Å²) in [7, 11) is 1.47. The minimum absolute atomic E-state index is 0.0572. The summed E-state index contributed by atoms with van der Waals surface area (Å²) in [5.74, 6) is 0.0346. The number of carbonyl (C=O) groups excluding carboxylic acids is 1. The Kier molecular flexibility index (Phi) is 4.86. The fourth-order valence-corrected chi connectivity index (χ4v) is 3.12. The molecule has 2 rings (SSSR count). The second-order valence-electron chi connectivity index (χ2n) is 5.18. The van der Waals surface area contributed by atoms with Crippen molar-refractivity contribution < 1.29 is 9.53 Å². The fourth-order valence-electron chi connectivity index (χ4n) is 2.65. The third-order valence-electron chi connectivity index (χ3n) is 3.81. The van der Waals surface area contributed by atoms with Gasteiger partial charge in [0.2, 0.25) is 0 Å². The predicted molar refractivity (Wildman–Crippen MR) is 80.3 cm³/mol. The van der Waals surface area contributed by atoms with Crippen LogP contribution in [0.5, 0.6) is 0 Å². The molecule has 1 aliphatic rings. The fraction of sp³-hybridized carbons (Fsp3) is 0.533. The van der Waals surface area contributed by atoms with E-state index in [1.165, 1.54) is 18.4 Å². The third kappa shape index (κ3) is 3.72. The monoisotopic (exact) mass is 325 g/mol. The number of methoxy groups -OCH3 is 1. The highest BCUT2D eigenvalue weighted by Gasteiger charge is 2.26. The van der Waals surface area contributed by atoms with E-state index in [0.29, 0.717) is 6.04 Å². The molecule has 1 aromatic rings. The molecule has 104 valence electrons. The summed E-state index contributed by atoms with van der Waals surface area (Å²) in [6.07, 6.45) is 3.88. The van der Waals surface area contributed by atoms with Crippen molar-refractivity contribution in [1.82, 2.24) is 0 Å². The van der Waals surface area contributed by atoms with Crippen molar-refractivity contribution >= 4 is 27.6 Å². The molecular formula is C15H20BrNO2. The topological polar surface area (TPSA) is 38.3 Å². The molecular weight excluding hydrogens is 306 g/mol. The van der Waals surface area contributed by atoms with Crippen LogP contribution in [0.2, 0.25) is 0 Å². The molecule has 0 aromatic heterocycles. The van der Waals surface area contributed by atoms with Crippen LogP contribution in [0.25, 0.3) is 0 Å². The zero-order valence-electron chi connectivity index (χ0n) is 11.4. The minimum Gasteiger partial charge on any atom is -0.469 e. The van der Waals surface area contributed by atoms with Crippen LogP contribution < -0.4 is 5.32 Å². The van der Waals surface area contributed by atoms with Crippen molar-refractivity contribution in [3.8, 4) is 0 Å². The summed E-state index contributed by atoms with van der Waals surface area (Å²) in [6, 6.07) is 6.73. The van der Waals surface area contributed by atoms with Crippen molar-refractivity contribution in [3.63, 3.8) is 0 Å². The number of hydrogen-bond donors (Lipinski definition) is 1. The van der Waals surface area contributed by atoms with Gasteiger partial charge in [-0.2, -0.15) is 0 Å². The molecule has 0 amide bonds. The van der Waals surface area contributed by atoms with Gasteiger partial charge in [-0.1, -0.05) is 15.9 Å². The number of ether oxygens (including phenoxy) is 1. The summed E-state index contributed by atoms with van der Waals surface area (Å²) >= 11 is 3.47. The number of rotatable bonds is 3. The van der Waals surface area contributed by atoms with E-state index in [4.69, 9.17) is 4.74 Å². The average molecular weight is 326 g/mol. The van der Waals surface area contributed by atoms with Gasteiger partial charge in [0, 0.05) is 16.2 Å². The van der Waals surface area contributed by atoms with Crippen molar-refractivity contribution in [2.75, 3.05) is 12.4 Å². The molecule has 0 unspecified atom stereocenters. The molecule has 4 heteroatoms. The highest BCUT2D eigenvalue weighted by Crippen LogP contribution is 2.29. The molecule has 0 spiro atoms. The summed E-state index contributed by atoms with van der Waals surface area (Å²) < 4.78 is 5.91. The summed E-state index contributed by atoms with van der Waals surface area (Å²) in [6.45, 7) is 2.10. The Morgan fingerprint density at radius 1 is 1.32 bits per heavy atom. The van der Waals surface area contributed by atoms with Crippen LogP contribution in [0.15, 0.2) is 22.7 Å². The van der Waals surface area contributed by atoms with Crippen LogP contribution in [0.4, 0.5) is 5.69 Å². The highest BCUT2D eigenvalue weighted by atomic mass is 79.9. The maximum absolute atomic E-state index is 11.5. The van der Waals surface area contributed by atoms with E-state index in [2.05, 4.69) is 46.4 Å². The number of nitrogens with one attached hydrogen (secondary N) is 1. The van der Waals surface area contributed by atoms with Crippen LogP contribution in [-0.2, 0) is 9.53 Å². The predicted octanol–water partition coefficient (Wildman–Crippen LogP) is 3.90. The van der Waals surface area contributed by atoms with E-state index >= 15 is 0 Å². The molecule has 1 saturated carbocycles. The molecule has 1 aliphatic carbocycles. The molecule has 0 bridgehead atoms. The first-order valence-electron chi connectivity index (χ1n) is 6.70.